The van der Waals surface area contributed by atoms with E-state index in [9.17, 15) is 0 Å². The number of rotatable bonds is 6. The molecule has 1 unspecified atom stereocenters. The molecule has 1 heterocycles. The Kier molecular flexibility index (Phi) is 6.06. The fourth-order valence-electron chi connectivity index (χ4n) is 2.54. The molecule has 1 fully saturated rings. The van der Waals surface area contributed by atoms with Crippen LogP contribution in [-0.2, 0) is 13.9 Å². The summed E-state index contributed by atoms with van der Waals surface area (Å²) in [5, 5.41) is 0.257. The van der Waals surface area contributed by atoms with E-state index in [1.54, 1.807) is 0 Å². The molecule has 3 nitrogen and oxygen atoms in total. The second-order valence-electron chi connectivity index (χ2n) is 8.10. The predicted octanol–water partition coefficient (Wildman–Crippen LogP) is 5.29. The lowest BCUT2D eigenvalue weighted by Crippen LogP contribution is -2.43. The molecule has 4 heteroatoms. The zero-order chi connectivity index (χ0) is 17.1. The van der Waals surface area contributed by atoms with Crippen molar-refractivity contribution in [1.29, 1.82) is 0 Å². The van der Waals surface area contributed by atoms with Crippen molar-refractivity contribution in [3.8, 4) is 0 Å². The average Bonchev–Trinajstić information content (AvgIpc) is 2.93. The van der Waals surface area contributed by atoms with Crippen LogP contribution in [-0.4, -0.2) is 27.1 Å². The molecule has 1 saturated heterocycles. The predicted molar refractivity (Wildman–Crippen MR) is 97.0 cm³/mol. The summed E-state index contributed by atoms with van der Waals surface area (Å²) in [4.78, 5) is 0. The zero-order valence-electron chi connectivity index (χ0n) is 15.5. The quantitative estimate of drug-likeness (QED) is 0.661. The van der Waals surface area contributed by atoms with E-state index in [1.807, 2.05) is 18.2 Å². The van der Waals surface area contributed by atoms with E-state index in [0.717, 1.165) is 18.4 Å². The van der Waals surface area contributed by atoms with Gasteiger partial charge in [-0.05, 0) is 37.9 Å². The van der Waals surface area contributed by atoms with Gasteiger partial charge < -0.3 is 13.9 Å². The minimum absolute atomic E-state index is 0.172. The van der Waals surface area contributed by atoms with E-state index in [-0.39, 0.29) is 23.5 Å². The van der Waals surface area contributed by atoms with Crippen molar-refractivity contribution in [2.24, 2.45) is 0 Å². The Morgan fingerprint density at radius 1 is 1.22 bits per heavy atom. The van der Waals surface area contributed by atoms with E-state index in [4.69, 9.17) is 13.9 Å². The van der Waals surface area contributed by atoms with Crippen LogP contribution in [0.25, 0.3) is 0 Å². The lowest BCUT2D eigenvalue weighted by molar-refractivity contribution is -0.0623. The molecule has 0 N–H and O–H groups in total. The Hall–Kier alpha value is -0.683. The highest BCUT2D eigenvalue weighted by Gasteiger charge is 2.38. The molecule has 3 atom stereocenters. The zero-order valence-corrected chi connectivity index (χ0v) is 16.5. The first-order valence-electron chi connectivity index (χ1n) is 8.69. The van der Waals surface area contributed by atoms with Crippen molar-refractivity contribution < 1.29 is 13.9 Å². The molecule has 0 spiro atoms. The van der Waals surface area contributed by atoms with Gasteiger partial charge in [-0.1, -0.05) is 51.1 Å². The van der Waals surface area contributed by atoms with Crippen molar-refractivity contribution in [2.45, 2.75) is 77.2 Å². The minimum atomic E-state index is -1.68. The molecule has 0 aromatic heterocycles. The first-order valence-corrected chi connectivity index (χ1v) is 11.6. The van der Waals surface area contributed by atoms with Gasteiger partial charge in [0.25, 0.3) is 0 Å². The molecule has 130 valence electrons. The molecule has 1 aliphatic rings. The highest BCUT2D eigenvalue weighted by atomic mass is 28.4. The fraction of sp³-hybridized carbons (Fsp3) is 0.684. The first-order chi connectivity index (χ1) is 10.7. The van der Waals surface area contributed by atoms with E-state index in [0.29, 0.717) is 6.61 Å². The normalized spacial score (nSPS) is 23.9. The molecule has 0 aliphatic carbocycles. The lowest BCUT2D eigenvalue weighted by Gasteiger charge is -2.38. The summed E-state index contributed by atoms with van der Waals surface area (Å²) in [6.07, 6.45) is 2.24. The average molecular weight is 337 g/mol. The molecule has 1 aliphatic heterocycles. The highest BCUT2D eigenvalue weighted by molar-refractivity contribution is 6.74. The van der Waals surface area contributed by atoms with Gasteiger partial charge in [0.15, 0.2) is 14.6 Å². The Labute approximate surface area is 142 Å². The van der Waals surface area contributed by atoms with Crippen LogP contribution in [0.5, 0.6) is 0 Å². The van der Waals surface area contributed by atoms with Gasteiger partial charge >= 0.3 is 0 Å². The third-order valence-electron chi connectivity index (χ3n) is 5.02. The smallest absolute Gasteiger partial charge is 0.192 e. The Morgan fingerprint density at radius 3 is 2.48 bits per heavy atom. The van der Waals surface area contributed by atoms with Gasteiger partial charge in [0, 0.05) is 11.7 Å². The van der Waals surface area contributed by atoms with Gasteiger partial charge in [0.05, 0.1) is 12.7 Å². The maximum Gasteiger partial charge on any atom is 0.192 e. The molecule has 23 heavy (non-hydrogen) atoms. The van der Waals surface area contributed by atoms with Crippen LogP contribution in [0.2, 0.25) is 18.1 Å². The van der Waals surface area contributed by atoms with Crippen LogP contribution >= 0.6 is 0 Å². The molecular weight excluding hydrogens is 304 g/mol. The molecule has 0 saturated carbocycles. The Bertz CT molecular complexity index is 481. The largest absolute Gasteiger partial charge is 0.414 e. The van der Waals surface area contributed by atoms with Crippen LogP contribution in [0.3, 0.4) is 0 Å². The third kappa shape index (κ3) is 5.15. The van der Waals surface area contributed by atoms with Gasteiger partial charge in [-0.25, -0.2) is 0 Å². The van der Waals surface area contributed by atoms with Crippen molar-refractivity contribution >= 4 is 8.32 Å². The topological polar surface area (TPSA) is 27.7 Å². The third-order valence-corrected chi connectivity index (χ3v) is 9.62. The SMILES string of the molecule is C[C@H](CC[C@H]1COC(c2ccccc2)O1)O[Si](C)(C)C(C)(C)C. The summed E-state index contributed by atoms with van der Waals surface area (Å²) in [6.45, 7) is 14.3. The van der Waals surface area contributed by atoms with E-state index < -0.39 is 8.32 Å². The second kappa shape index (κ2) is 7.47. The summed E-state index contributed by atoms with van der Waals surface area (Å²) >= 11 is 0. The van der Waals surface area contributed by atoms with Gasteiger partial charge in [-0.3, -0.25) is 0 Å². The number of ether oxygens (including phenoxy) is 2. The molecule has 0 amide bonds. The molecule has 2 rings (SSSR count). The second-order valence-corrected chi connectivity index (χ2v) is 12.9. The lowest BCUT2D eigenvalue weighted by atomic mass is 10.1. The number of hydrogen-bond donors (Lipinski definition) is 0. The van der Waals surface area contributed by atoms with Gasteiger partial charge in [-0.15, -0.1) is 0 Å². The van der Waals surface area contributed by atoms with Crippen molar-refractivity contribution in [2.75, 3.05) is 6.61 Å². The molecule has 0 radical (unpaired) electrons. The molecule has 1 aromatic carbocycles. The van der Waals surface area contributed by atoms with E-state index in [1.165, 1.54) is 0 Å². The minimum Gasteiger partial charge on any atom is -0.414 e. The molecule has 0 bridgehead atoms. The fourth-order valence-corrected chi connectivity index (χ4v) is 4.02. The summed E-state index contributed by atoms with van der Waals surface area (Å²) in [7, 11) is -1.68. The van der Waals surface area contributed by atoms with Crippen molar-refractivity contribution in [1.82, 2.24) is 0 Å². The number of hydrogen-bond acceptors (Lipinski definition) is 3. The van der Waals surface area contributed by atoms with Crippen LogP contribution in [0, 0.1) is 0 Å². The van der Waals surface area contributed by atoms with Crippen LogP contribution in [0.15, 0.2) is 30.3 Å². The standard InChI is InChI=1S/C19H32O3Si/c1-15(22-23(5,6)19(2,3)4)12-13-17-14-20-18(21-17)16-10-8-7-9-11-16/h7-11,15,17-18H,12-14H2,1-6H3/t15-,17+,18?/m1/s1. The first kappa shape index (κ1) is 18.7. The maximum atomic E-state index is 6.42. The molecular formula is C19H32O3Si. The van der Waals surface area contributed by atoms with Crippen molar-refractivity contribution in [3.63, 3.8) is 0 Å². The summed E-state index contributed by atoms with van der Waals surface area (Å²) < 4.78 is 18.2. The van der Waals surface area contributed by atoms with Crippen LogP contribution < -0.4 is 0 Å². The monoisotopic (exact) mass is 336 g/mol. The number of benzene rings is 1. The van der Waals surface area contributed by atoms with Crippen LogP contribution in [0.1, 0.15) is 52.4 Å². The molecule has 1 aromatic rings. The summed E-state index contributed by atoms with van der Waals surface area (Å²) in [5.41, 5.74) is 1.10. The van der Waals surface area contributed by atoms with Gasteiger partial charge in [-0.2, -0.15) is 0 Å². The Balaban J connectivity index is 1.77. The maximum absolute atomic E-state index is 6.42. The summed E-state index contributed by atoms with van der Waals surface area (Å²) in [6, 6.07) is 10.2. The van der Waals surface area contributed by atoms with Crippen LogP contribution in [0.4, 0.5) is 0 Å². The van der Waals surface area contributed by atoms with Crippen molar-refractivity contribution in [3.05, 3.63) is 35.9 Å². The summed E-state index contributed by atoms with van der Waals surface area (Å²) in [5.74, 6) is 0. The van der Waals surface area contributed by atoms with E-state index in [2.05, 4.69) is 52.9 Å². The van der Waals surface area contributed by atoms with E-state index >= 15 is 0 Å². The Morgan fingerprint density at radius 2 is 1.87 bits per heavy atom. The van der Waals surface area contributed by atoms with Gasteiger partial charge in [0.1, 0.15) is 0 Å². The highest BCUT2D eigenvalue weighted by Crippen LogP contribution is 2.38. The van der Waals surface area contributed by atoms with Gasteiger partial charge in [0.2, 0.25) is 0 Å².